The summed E-state index contributed by atoms with van der Waals surface area (Å²) in [4.78, 5) is 2.02. The van der Waals surface area contributed by atoms with Gasteiger partial charge in [0.15, 0.2) is 0 Å². The normalized spacial score (nSPS) is 11.6. The number of nitrogens with zero attached hydrogens (tertiary/aromatic N) is 1. The molecule has 0 aliphatic heterocycles. The minimum atomic E-state index is -2.93. The van der Waals surface area contributed by atoms with E-state index in [1.165, 1.54) is 17.4 Å². The Morgan fingerprint density at radius 3 is 2.60 bits per heavy atom. The molecule has 4 nitrogen and oxygen atoms in total. The molecule has 1 rings (SSSR count). The highest BCUT2D eigenvalue weighted by Gasteiger charge is 2.10. The molecule has 1 aromatic carbocycles. The molecule has 0 spiro atoms. The van der Waals surface area contributed by atoms with Gasteiger partial charge < -0.3 is 10.2 Å². The summed E-state index contributed by atoms with van der Waals surface area (Å²) in [6.45, 7) is 6.53. The van der Waals surface area contributed by atoms with Crippen LogP contribution in [0.1, 0.15) is 24.5 Å². The van der Waals surface area contributed by atoms with Crippen LogP contribution in [0.25, 0.3) is 0 Å². The SMILES string of the molecule is CCCNCc1cc(C)ccc1N(C)CCS(C)(=O)=O. The van der Waals surface area contributed by atoms with E-state index in [0.717, 1.165) is 25.2 Å². The monoisotopic (exact) mass is 298 g/mol. The van der Waals surface area contributed by atoms with Gasteiger partial charge in [0.2, 0.25) is 0 Å². The number of benzene rings is 1. The summed E-state index contributed by atoms with van der Waals surface area (Å²) in [5.41, 5.74) is 3.54. The molecule has 0 aliphatic rings. The van der Waals surface area contributed by atoms with Gasteiger partial charge in [-0.05, 0) is 31.5 Å². The third-order valence-electron chi connectivity index (χ3n) is 3.19. The fourth-order valence-electron chi connectivity index (χ4n) is 2.05. The lowest BCUT2D eigenvalue weighted by atomic mass is 10.1. The molecule has 5 heteroatoms. The van der Waals surface area contributed by atoms with E-state index in [-0.39, 0.29) is 5.75 Å². The number of aryl methyl sites for hydroxylation is 1. The first-order valence-corrected chi connectivity index (χ1v) is 9.08. The van der Waals surface area contributed by atoms with E-state index in [1.807, 2.05) is 11.9 Å². The van der Waals surface area contributed by atoms with E-state index < -0.39 is 9.84 Å². The summed E-state index contributed by atoms with van der Waals surface area (Å²) < 4.78 is 22.6. The Bertz CT molecular complexity index is 527. The maximum absolute atomic E-state index is 11.3. The Morgan fingerprint density at radius 1 is 1.30 bits per heavy atom. The van der Waals surface area contributed by atoms with E-state index in [9.17, 15) is 8.42 Å². The Hall–Kier alpha value is -1.07. The van der Waals surface area contributed by atoms with Crippen molar-refractivity contribution in [3.05, 3.63) is 29.3 Å². The first-order valence-electron chi connectivity index (χ1n) is 7.02. The van der Waals surface area contributed by atoms with E-state index >= 15 is 0 Å². The molecule has 1 N–H and O–H groups in total. The smallest absolute Gasteiger partial charge is 0.149 e. The molecule has 0 atom stereocenters. The number of rotatable bonds is 8. The van der Waals surface area contributed by atoms with Crippen molar-refractivity contribution in [1.82, 2.24) is 5.32 Å². The van der Waals surface area contributed by atoms with Gasteiger partial charge in [0.25, 0.3) is 0 Å². The summed E-state index contributed by atoms with van der Waals surface area (Å²) in [6, 6.07) is 6.30. The molecule has 0 amide bonds. The highest BCUT2D eigenvalue weighted by molar-refractivity contribution is 7.90. The van der Waals surface area contributed by atoms with Crippen molar-refractivity contribution in [2.24, 2.45) is 0 Å². The van der Waals surface area contributed by atoms with Crippen molar-refractivity contribution in [2.45, 2.75) is 26.8 Å². The topological polar surface area (TPSA) is 49.4 Å². The Labute approximate surface area is 123 Å². The molecule has 20 heavy (non-hydrogen) atoms. The number of hydrogen-bond donors (Lipinski definition) is 1. The second-order valence-electron chi connectivity index (χ2n) is 5.36. The maximum Gasteiger partial charge on any atom is 0.149 e. The first-order chi connectivity index (χ1) is 9.33. The molecule has 0 aromatic heterocycles. The van der Waals surface area contributed by atoms with Crippen LogP contribution in [-0.4, -0.2) is 40.6 Å². The Balaban J connectivity index is 2.81. The van der Waals surface area contributed by atoms with Crippen molar-refractivity contribution in [3.63, 3.8) is 0 Å². The number of anilines is 1. The molecule has 0 bridgehead atoms. The van der Waals surface area contributed by atoms with Crippen LogP contribution in [0.5, 0.6) is 0 Å². The van der Waals surface area contributed by atoms with Gasteiger partial charge >= 0.3 is 0 Å². The van der Waals surface area contributed by atoms with E-state index in [2.05, 4.69) is 37.4 Å². The van der Waals surface area contributed by atoms with Crippen LogP contribution in [0.2, 0.25) is 0 Å². The van der Waals surface area contributed by atoms with Crippen molar-refractivity contribution in [3.8, 4) is 0 Å². The average Bonchev–Trinajstić information content (AvgIpc) is 2.36. The summed E-state index contributed by atoms with van der Waals surface area (Å²) in [6.07, 6.45) is 2.38. The van der Waals surface area contributed by atoms with Crippen molar-refractivity contribution < 1.29 is 8.42 Å². The Morgan fingerprint density at radius 2 is 2.00 bits per heavy atom. The minimum absolute atomic E-state index is 0.180. The fraction of sp³-hybridized carbons (Fsp3) is 0.600. The molecule has 0 fully saturated rings. The molecule has 0 aliphatic carbocycles. The molecule has 0 unspecified atom stereocenters. The predicted octanol–water partition coefficient (Wildman–Crippen LogP) is 1.98. The van der Waals surface area contributed by atoms with E-state index in [1.54, 1.807) is 0 Å². The van der Waals surface area contributed by atoms with Crippen LogP contribution in [-0.2, 0) is 16.4 Å². The number of hydrogen-bond acceptors (Lipinski definition) is 4. The molecule has 0 saturated carbocycles. The van der Waals surface area contributed by atoms with E-state index in [4.69, 9.17) is 0 Å². The Kier molecular flexibility index (Phi) is 6.49. The van der Waals surface area contributed by atoms with Crippen molar-refractivity contribution >= 4 is 15.5 Å². The van der Waals surface area contributed by atoms with Gasteiger partial charge in [-0.2, -0.15) is 0 Å². The summed E-state index contributed by atoms with van der Waals surface area (Å²) in [5.74, 6) is 0.180. The zero-order valence-corrected chi connectivity index (χ0v) is 13.8. The van der Waals surface area contributed by atoms with Gasteiger partial charge in [0.05, 0.1) is 5.75 Å². The second-order valence-corrected chi connectivity index (χ2v) is 7.62. The molecule has 114 valence electrons. The van der Waals surface area contributed by atoms with Gasteiger partial charge in [-0.1, -0.05) is 24.6 Å². The third kappa shape index (κ3) is 5.92. The molecule has 0 saturated heterocycles. The summed E-state index contributed by atoms with van der Waals surface area (Å²) in [7, 11) is -0.983. The van der Waals surface area contributed by atoms with Crippen molar-refractivity contribution in [1.29, 1.82) is 0 Å². The van der Waals surface area contributed by atoms with Crippen LogP contribution < -0.4 is 10.2 Å². The van der Waals surface area contributed by atoms with Gasteiger partial charge in [0, 0.05) is 32.1 Å². The molecular formula is C15H26N2O2S. The predicted molar refractivity (Wildman–Crippen MR) is 86.2 cm³/mol. The van der Waals surface area contributed by atoms with Gasteiger partial charge in [-0.3, -0.25) is 0 Å². The zero-order chi connectivity index (χ0) is 15.2. The van der Waals surface area contributed by atoms with Gasteiger partial charge in [-0.25, -0.2) is 8.42 Å². The van der Waals surface area contributed by atoms with Crippen LogP contribution in [0.4, 0.5) is 5.69 Å². The third-order valence-corrected chi connectivity index (χ3v) is 4.11. The number of sulfone groups is 1. The maximum atomic E-state index is 11.3. The quantitative estimate of drug-likeness (QED) is 0.746. The highest BCUT2D eigenvalue weighted by atomic mass is 32.2. The van der Waals surface area contributed by atoms with Crippen LogP contribution in [0, 0.1) is 6.92 Å². The second kappa shape index (κ2) is 7.64. The first kappa shape index (κ1) is 17.0. The molecule has 0 heterocycles. The summed E-state index contributed by atoms with van der Waals surface area (Å²) in [5, 5.41) is 3.40. The van der Waals surface area contributed by atoms with Gasteiger partial charge in [-0.15, -0.1) is 0 Å². The van der Waals surface area contributed by atoms with Gasteiger partial charge in [0.1, 0.15) is 9.84 Å². The van der Waals surface area contributed by atoms with Crippen molar-refractivity contribution in [2.75, 3.05) is 37.0 Å². The zero-order valence-electron chi connectivity index (χ0n) is 12.9. The average molecular weight is 298 g/mol. The van der Waals surface area contributed by atoms with E-state index in [0.29, 0.717) is 6.54 Å². The lowest BCUT2D eigenvalue weighted by Gasteiger charge is -2.23. The lowest BCUT2D eigenvalue weighted by Crippen LogP contribution is -2.26. The minimum Gasteiger partial charge on any atom is -0.373 e. The fourth-order valence-corrected chi connectivity index (χ4v) is 2.66. The molecular weight excluding hydrogens is 272 g/mol. The molecule has 0 radical (unpaired) electrons. The standard InChI is InChI=1S/C15H26N2O2S/c1-5-8-16-12-14-11-13(2)6-7-15(14)17(3)9-10-20(4,18)19/h6-7,11,16H,5,8-10,12H2,1-4H3. The highest BCUT2D eigenvalue weighted by Crippen LogP contribution is 2.21. The van der Waals surface area contributed by atoms with Crippen LogP contribution >= 0.6 is 0 Å². The van der Waals surface area contributed by atoms with Crippen LogP contribution in [0.15, 0.2) is 18.2 Å². The van der Waals surface area contributed by atoms with Crippen LogP contribution in [0.3, 0.4) is 0 Å². The summed E-state index contributed by atoms with van der Waals surface area (Å²) >= 11 is 0. The lowest BCUT2D eigenvalue weighted by molar-refractivity contribution is 0.601. The number of nitrogens with one attached hydrogen (secondary N) is 1. The molecule has 1 aromatic rings. The largest absolute Gasteiger partial charge is 0.373 e.